The van der Waals surface area contributed by atoms with Gasteiger partial charge in [0.2, 0.25) is 0 Å². The largest absolute Gasteiger partial charge is 0.285 e. The van der Waals surface area contributed by atoms with Crippen LogP contribution in [0.5, 0.6) is 0 Å². The molecule has 0 aliphatic carbocycles. The summed E-state index contributed by atoms with van der Waals surface area (Å²) in [5.74, 6) is 0.938. The molecule has 3 heterocycles. The summed E-state index contributed by atoms with van der Waals surface area (Å²) in [7, 11) is 0. The Morgan fingerprint density at radius 3 is 2.78 bits per heavy atom. The van der Waals surface area contributed by atoms with Crippen molar-refractivity contribution in [1.29, 1.82) is 0 Å². The van der Waals surface area contributed by atoms with Crippen molar-refractivity contribution in [1.82, 2.24) is 29.4 Å². The molecule has 0 saturated heterocycles. The first-order chi connectivity index (χ1) is 11.1. The predicted octanol–water partition coefficient (Wildman–Crippen LogP) is 2.09. The van der Waals surface area contributed by atoms with Gasteiger partial charge >= 0.3 is 0 Å². The predicted molar refractivity (Wildman–Crippen MR) is 86.2 cm³/mol. The molecule has 1 aromatic carbocycles. The van der Waals surface area contributed by atoms with Gasteiger partial charge in [-0.3, -0.25) is 9.36 Å². The highest BCUT2D eigenvalue weighted by Crippen LogP contribution is 2.21. The molecule has 114 valence electrons. The second-order valence-corrected chi connectivity index (χ2v) is 5.59. The molecule has 8 heteroatoms. The molecule has 4 aromatic rings. The van der Waals surface area contributed by atoms with Crippen LogP contribution in [0.2, 0.25) is 5.02 Å². The SMILES string of the molecule is Cc1nc2nnc3c(=O)n(-c4cccc(Cl)c4C)ccc3n2n1. The highest BCUT2D eigenvalue weighted by Gasteiger charge is 2.13. The van der Waals surface area contributed by atoms with Gasteiger partial charge in [0.1, 0.15) is 11.3 Å². The van der Waals surface area contributed by atoms with Crippen LogP contribution in [0, 0.1) is 13.8 Å². The number of fused-ring (bicyclic) bond motifs is 3. The third-order valence-corrected chi connectivity index (χ3v) is 4.12. The summed E-state index contributed by atoms with van der Waals surface area (Å²) in [5.41, 5.74) is 2.04. The average molecular weight is 327 g/mol. The van der Waals surface area contributed by atoms with Gasteiger partial charge in [-0.05, 0) is 37.6 Å². The molecule has 0 amide bonds. The fourth-order valence-electron chi connectivity index (χ4n) is 2.55. The van der Waals surface area contributed by atoms with E-state index in [0.29, 0.717) is 27.8 Å². The molecule has 0 bridgehead atoms. The van der Waals surface area contributed by atoms with Gasteiger partial charge in [-0.1, -0.05) is 17.7 Å². The molecule has 0 aliphatic rings. The lowest BCUT2D eigenvalue weighted by atomic mass is 10.2. The average Bonchev–Trinajstić information content (AvgIpc) is 2.91. The summed E-state index contributed by atoms with van der Waals surface area (Å²) in [4.78, 5) is 16.9. The Balaban J connectivity index is 2.07. The first kappa shape index (κ1) is 13.8. The summed E-state index contributed by atoms with van der Waals surface area (Å²) in [5, 5.41) is 12.8. The normalized spacial score (nSPS) is 11.4. The Hall–Kier alpha value is -2.80. The zero-order valence-electron chi connectivity index (χ0n) is 12.4. The van der Waals surface area contributed by atoms with Gasteiger partial charge in [-0.2, -0.15) is 9.50 Å². The van der Waals surface area contributed by atoms with Crippen molar-refractivity contribution in [3.63, 3.8) is 0 Å². The summed E-state index contributed by atoms with van der Waals surface area (Å²) >= 11 is 6.15. The van der Waals surface area contributed by atoms with Crippen LogP contribution in [-0.4, -0.2) is 29.4 Å². The number of rotatable bonds is 1. The Morgan fingerprint density at radius 2 is 1.96 bits per heavy atom. The topological polar surface area (TPSA) is 78.0 Å². The third kappa shape index (κ3) is 2.01. The van der Waals surface area contributed by atoms with E-state index in [1.807, 2.05) is 13.0 Å². The van der Waals surface area contributed by atoms with Gasteiger partial charge in [0.25, 0.3) is 11.3 Å². The quantitative estimate of drug-likeness (QED) is 0.535. The number of benzene rings is 1. The molecule has 7 nitrogen and oxygen atoms in total. The first-order valence-electron chi connectivity index (χ1n) is 6.93. The Kier molecular flexibility index (Phi) is 2.92. The van der Waals surface area contributed by atoms with Crippen molar-refractivity contribution >= 4 is 28.4 Å². The van der Waals surface area contributed by atoms with Crippen LogP contribution >= 0.6 is 11.6 Å². The minimum absolute atomic E-state index is 0.226. The lowest BCUT2D eigenvalue weighted by Gasteiger charge is -2.10. The molecule has 3 aromatic heterocycles. The molecule has 0 spiro atoms. The molecule has 0 N–H and O–H groups in total. The molecule has 0 saturated carbocycles. The van der Waals surface area contributed by atoms with Crippen molar-refractivity contribution in [3.8, 4) is 5.69 Å². The van der Waals surface area contributed by atoms with Crippen molar-refractivity contribution in [2.45, 2.75) is 13.8 Å². The van der Waals surface area contributed by atoms with Crippen LogP contribution in [0.3, 0.4) is 0 Å². The van der Waals surface area contributed by atoms with E-state index < -0.39 is 0 Å². The zero-order chi connectivity index (χ0) is 16.1. The number of aryl methyl sites for hydroxylation is 1. The maximum Gasteiger partial charge on any atom is 0.285 e. The van der Waals surface area contributed by atoms with E-state index in [-0.39, 0.29) is 11.1 Å². The molecule has 0 aliphatic heterocycles. The molecular weight excluding hydrogens is 316 g/mol. The van der Waals surface area contributed by atoms with Crippen molar-refractivity contribution in [2.75, 3.05) is 0 Å². The Labute approximate surface area is 135 Å². The van der Waals surface area contributed by atoms with Crippen LogP contribution < -0.4 is 5.56 Å². The summed E-state index contributed by atoms with van der Waals surface area (Å²) < 4.78 is 3.03. The van der Waals surface area contributed by atoms with E-state index in [4.69, 9.17) is 11.6 Å². The standard InChI is InChI=1S/C15H11ClN6O/c1-8-10(16)4-3-5-11(8)21-7-6-12-13(14(21)23)18-19-15-17-9(2)20-22(12)15/h3-7H,1-2H3. The number of hydrogen-bond donors (Lipinski definition) is 0. The van der Waals surface area contributed by atoms with Gasteiger partial charge < -0.3 is 0 Å². The van der Waals surface area contributed by atoms with Gasteiger partial charge in [0.15, 0.2) is 5.52 Å². The van der Waals surface area contributed by atoms with E-state index in [1.165, 1.54) is 9.08 Å². The van der Waals surface area contributed by atoms with Crippen molar-refractivity contribution in [2.24, 2.45) is 0 Å². The van der Waals surface area contributed by atoms with Crippen LogP contribution in [0.15, 0.2) is 35.3 Å². The lowest BCUT2D eigenvalue weighted by Crippen LogP contribution is -2.21. The van der Waals surface area contributed by atoms with Crippen LogP contribution in [0.4, 0.5) is 0 Å². The smallest absolute Gasteiger partial charge is 0.282 e. The Morgan fingerprint density at radius 1 is 1.13 bits per heavy atom. The Bertz CT molecular complexity index is 1130. The fourth-order valence-corrected chi connectivity index (χ4v) is 2.72. The fraction of sp³-hybridized carbons (Fsp3) is 0.133. The number of hydrogen-bond acceptors (Lipinski definition) is 5. The monoisotopic (exact) mass is 326 g/mol. The molecule has 0 radical (unpaired) electrons. The third-order valence-electron chi connectivity index (χ3n) is 3.71. The minimum atomic E-state index is -0.282. The summed E-state index contributed by atoms with van der Waals surface area (Å²) in [6.45, 7) is 3.63. The molecular formula is C15H11ClN6O. The minimum Gasteiger partial charge on any atom is -0.282 e. The van der Waals surface area contributed by atoms with Gasteiger partial charge in [-0.25, -0.2) is 0 Å². The lowest BCUT2D eigenvalue weighted by molar-refractivity contribution is 0.903. The van der Waals surface area contributed by atoms with E-state index in [9.17, 15) is 4.79 Å². The van der Waals surface area contributed by atoms with Gasteiger partial charge in [0.05, 0.1) is 5.69 Å². The summed E-state index contributed by atoms with van der Waals surface area (Å²) in [6, 6.07) is 7.19. The second-order valence-electron chi connectivity index (χ2n) is 5.18. The maximum atomic E-state index is 12.8. The highest BCUT2D eigenvalue weighted by molar-refractivity contribution is 6.31. The number of halogens is 1. The van der Waals surface area contributed by atoms with Gasteiger partial charge in [-0.15, -0.1) is 15.3 Å². The highest BCUT2D eigenvalue weighted by atomic mass is 35.5. The molecule has 0 fully saturated rings. The van der Waals surface area contributed by atoms with E-state index >= 15 is 0 Å². The van der Waals surface area contributed by atoms with E-state index in [0.717, 1.165) is 5.56 Å². The summed E-state index contributed by atoms with van der Waals surface area (Å²) in [6.07, 6.45) is 1.68. The number of aromatic nitrogens is 6. The molecule has 23 heavy (non-hydrogen) atoms. The number of pyridine rings is 1. The molecule has 4 rings (SSSR count). The van der Waals surface area contributed by atoms with Gasteiger partial charge in [0, 0.05) is 11.2 Å². The molecule has 0 atom stereocenters. The zero-order valence-corrected chi connectivity index (χ0v) is 13.1. The number of nitrogens with zero attached hydrogens (tertiary/aromatic N) is 6. The van der Waals surface area contributed by atoms with Crippen LogP contribution in [-0.2, 0) is 0 Å². The van der Waals surface area contributed by atoms with E-state index in [1.54, 1.807) is 31.3 Å². The van der Waals surface area contributed by atoms with Crippen molar-refractivity contribution in [3.05, 3.63) is 57.2 Å². The van der Waals surface area contributed by atoms with E-state index in [2.05, 4.69) is 20.3 Å². The molecule has 0 unspecified atom stereocenters. The van der Waals surface area contributed by atoms with Crippen LogP contribution in [0.25, 0.3) is 22.5 Å². The first-order valence-corrected chi connectivity index (χ1v) is 7.31. The van der Waals surface area contributed by atoms with Crippen molar-refractivity contribution < 1.29 is 0 Å². The van der Waals surface area contributed by atoms with Crippen LogP contribution in [0.1, 0.15) is 11.4 Å². The second kappa shape index (κ2) is 4.85. The maximum absolute atomic E-state index is 12.8.